The summed E-state index contributed by atoms with van der Waals surface area (Å²) in [6, 6.07) is 8.11. The molecule has 5 heteroatoms. The zero-order valence-electron chi connectivity index (χ0n) is 14.3. The Morgan fingerprint density at radius 2 is 2.00 bits per heavy atom. The molecule has 2 rings (SSSR count). The van der Waals surface area contributed by atoms with Crippen LogP contribution in [0.1, 0.15) is 45.6 Å². The number of halogens is 1. The Balaban J connectivity index is 0.00000264. The highest BCUT2D eigenvalue weighted by atomic mass is 35.5. The first-order valence-electron chi connectivity index (χ1n) is 8.13. The van der Waals surface area contributed by atoms with E-state index >= 15 is 0 Å². The fourth-order valence-corrected chi connectivity index (χ4v) is 3.11. The lowest BCUT2D eigenvalue weighted by Crippen LogP contribution is -2.42. The third kappa shape index (κ3) is 5.40. The summed E-state index contributed by atoms with van der Waals surface area (Å²) in [6.45, 7) is 7.11. The minimum absolute atomic E-state index is 0. The predicted octanol–water partition coefficient (Wildman–Crippen LogP) is 3.03. The van der Waals surface area contributed by atoms with E-state index in [0.29, 0.717) is 12.5 Å². The fourth-order valence-electron chi connectivity index (χ4n) is 3.11. The summed E-state index contributed by atoms with van der Waals surface area (Å²) in [5.41, 5.74) is 6.85. The second kappa shape index (κ2) is 8.55. The maximum atomic E-state index is 12.1. The lowest BCUT2D eigenvalue weighted by Gasteiger charge is -2.23. The van der Waals surface area contributed by atoms with E-state index in [-0.39, 0.29) is 36.4 Å². The molecule has 1 aromatic rings. The van der Waals surface area contributed by atoms with Crippen LogP contribution in [0.5, 0.6) is 5.75 Å². The van der Waals surface area contributed by atoms with Gasteiger partial charge < -0.3 is 15.8 Å². The Kier molecular flexibility index (Phi) is 7.36. The van der Waals surface area contributed by atoms with Crippen LogP contribution in [0.25, 0.3) is 0 Å². The molecule has 3 N–H and O–H groups in total. The first-order chi connectivity index (χ1) is 10.4. The number of nitrogens with two attached hydrogens (primary N) is 1. The largest absolute Gasteiger partial charge is 0.483 e. The smallest absolute Gasteiger partial charge is 0.258 e. The quantitative estimate of drug-likeness (QED) is 0.866. The number of rotatable bonds is 5. The topological polar surface area (TPSA) is 64.3 Å². The SMILES string of the molecule is CC(C)(C)c1ccccc1OCC(=O)NC1CCCC1CN.Cl. The Morgan fingerprint density at radius 3 is 2.65 bits per heavy atom. The molecule has 2 unspecified atom stereocenters. The molecule has 4 nitrogen and oxygen atoms in total. The number of para-hydroxylation sites is 1. The Bertz CT molecular complexity index is 514. The number of hydrogen-bond acceptors (Lipinski definition) is 3. The average Bonchev–Trinajstić information content (AvgIpc) is 2.91. The van der Waals surface area contributed by atoms with Crippen molar-refractivity contribution in [3.63, 3.8) is 0 Å². The number of amides is 1. The summed E-state index contributed by atoms with van der Waals surface area (Å²) in [7, 11) is 0. The number of nitrogens with one attached hydrogen (secondary N) is 1. The summed E-state index contributed by atoms with van der Waals surface area (Å²) in [5, 5.41) is 3.06. The molecule has 0 saturated heterocycles. The van der Waals surface area contributed by atoms with Gasteiger partial charge in [0.05, 0.1) is 0 Å². The first-order valence-corrected chi connectivity index (χ1v) is 8.13. The lowest BCUT2D eigenvalue weighted by molar-refractivity contribution is -0.124. The molecular weight excluding hydrogens is 312 g/mol. The summed E-state index contributed by atoms with van der Waals surface area (Å²) in [5.74, 6) is 1.13. The zero-order chi connectivity index (χ0) is 16.2. The molecule has 130 valence electrons. The van der Waals surface area contributed by atoms with Crippen molar-refractivity contribution in [1.29, 1.82) is 0 Å². The Morgan fingerprint density at radius 1 is 1.30 bits per heavy atom. The van der Waals surface area contributed by atoms with Gasteiger partial charge in [0.25, 0.3) is 5.91 Å². The van der Waals surface area contributed by atoms with Crippen molar-refractivity contribution in [3.05, 3.63) is 29.8 Å². The van der Waals surface area contributed by atoms with Gasteiger partial charge in [-0.3, -0.25) is 4.79 Å². The molecule has 2 atom stereocenters. The van der Waals surface area contributed by atoms with Crippen molar-refractivity contribution in [2.24, 2.45) is 11.7 Å². The number of carbonyl (C=O) groups is 1. The minimum Gasteiger partial charge on any atom is -0.483 e. The highest BCUT2D eigenvalue weighted by Gasteiger charge is 2.27. The van der Waals surface area contributed by atoms with Crippen molar-refractivity contribution in [2.45, 2.75) is 51.5 Å². The number of carbonyl (C=O) groups excluding carboxylic acids is 1. The molecule has 1 aliphatic carbocycles. The molecule has 1 amide bonds. The third-order valence-electron chi connectivity index (χ3n) is 4.36. The van der Waals surface area contributed by atoms with Crippen LogP contribution >= 0.6 is 12.4 Å². The highest BCUT2D eigenvalue weighted by Crippen LogP contribution is 2.31. The molecule has 0 bridgehead atoms. The van der Waals surface area contributed by atoms with E-state index in [4.69, 9.17) is 10.5 Å². The van der Waals surface area contributed by atoms with Crippen LogP contribution in [0.3, 0.4) is 0 Å². The first kappa shape index (κ1) is 19.8. The average molecular weight is 341 g/mol. The van der Waals surface area contributed by atoms with Gasteiger partial charge in [-0.15, -0.1) is 12.4 Å². The van der Waals surface area contributed by atoms with Gasteiger partial charge in [-0.05, 0) is 42.3 Å². The molecule has 23 heavy (non-hydrogen) atoms. The maximum Gasteiger partial charge on any atom is 0.258 e. The van der Waals surface area contributed by atoms with Gasteiger partial charge in [-0.2, -0.15) is 0 Å². The van der Waals surface area contributed by atoms with Crippen molar-refractivity contribution >= 4 is 18.3 Å². The zero-order valence-corrected chi connectivity index (χ0v) is 15.1. The standard InChI is InChI=1S/C18H28N2O2.ClH/c1-18(2,3)14-8-4-5-10-16(14)22-12-17(21)20-15-9-6-7-13(15)11-19;/h4-5,8,10,13,15H,6-7,9,11-12,19H2,1-3H3,(H,20,21);1H. The summed E-state index contributed by atoms with van der Waals surface area (Å²) in [4.78, 5) is 12.1. The van der Waals surface area contributed by atoms with Crippen LogP contribution < -0.4 is 15.8 Å². The van der Waals surface area contributed by atoms with Gasteiger partial charge in [0.1, 0.15) is 5.75 Å². The monoisotopic (exact) mass is 340 g/mol. The molecule has 0 aromatic heterocycles. The van der Waals surface area contributed by atoms with Crippen LogP contribution in [0.4, 0.5) is 0 Å². The number of ether oxygens (including phenoxy) is 1. The number of hydrogen-bond donors (Lipinski definition) is 2. The second-order valence-electron chi connectivity index (χ2n) is 7.14. The van der Waals surface area contributed by atoms with Crippen LogP contribution in [0.15, 0.2) is 24.3 Å². The van der Waals surface area contributed by atoms with Gasteiger partial charge in [-0.25, -0.2) is 0 Å². The maximum absolute atomic E-state index is 12.1. The van der Waals surface area contributed by atoms with Gasteiger partial charge in [0, 0.05) is 6.04 Å². The van der Waals surface area contributed by atoms with E-state index in [9.17, 15) is 4.79 Å². The van der Waals surface area contributed by atoms with Crippen molar-refractivity contribution < 1.29 is 9.53 Å². The molecule has 1 aliphatic rings. The van der Waals surface area contributed by atoms with Gasteiger partial charge >= 0.3 is 0 Å². The summed E-state index contributed by atoms with van der Waals surface area (Å²) in [6.07, 6.45) is 3.27. The van der Waals surface area contributed by atoms with Gasteiger partial charge in [0.15, 0.2) is 6.61 Å². The molecule has 0 aliphatic heterocycles. The van der Waals surface area contributed by atoms with Crippen molar-refractivity contribution in [3.8, 4) is 5.75 Å². The molecule has 0 heterocycles. The van der Waals surface area contributed by atoms with Crippen molar-refractivity contribution in [2.75, 3.05) is 13.2 Å². The Hall–Kier alpha value is -1.26. The van der Waals surface area contributed by atoms with E-state index in [1.165, 1.54) is 0 Å². The highest BCUT2D eigenvalue weighted by molar-refractivity contribution is 5.85. The molecule has 1 fully saturated rings. The van der Waals surface area contributed by atoms with Crippen LogP contribution in [0, 0.1) is 5.92 Å². The van der Waals surface area contributed by atoms with E-state index < -0.39 is 0 Å². The Labute approximate surface area is 145 Å². The third-order valence-corrected chi connectivity index (χ3v) is 4.36. The van der Waals surface area contributed by atoms with E-state index in [0.717, 1.165) is 30.6 Å². The van der Waals surface area contributed by atoms with Crippen LogP contribution in [-0.2, 0) is 10.2 Å². The normalized spacial score (nSPS) is 20.7. The second-order valence-corrected chi connectivity index (χ2v) is 7.14. The molecule has 0 radical (unpaired) electrons. The number of benzene rings is 1. The fraction of sp³-hybridized carbons (Fsp3) is 0.611. The van der Waals surface area contributed by atoms with Gasteiger partial charge in [-0.1, -0.05) is 45.4 Å². The molecule has 1 aromatic carbocycles. The van der Waals surface area contributed by atoms with E-state index in [2.05, 4.69) is 32.2 Å². The summed E-state index contributed by atoms with van der Waals surface area (Å²) < 4.78 is 5.76. The minimum atomic E-state index is -0.0611. The van der Waals surface area contributed by atoms with Crippen LogP contribution in [0.2, 0.25) is 0 Å². The molecular formula is C18H29ClN2O2. The lowest BCUT2D eigenvalue weighted by atomic mass is 9.86. The molecule has 0 spiro atoms. The van der Waals surface area contributed by atoms with E-state index in [1.54, 1.807) is 0 Å². The molecule has 1 saturated carbocycles. The van der Waals surface area contributed by atoms with Gasteiger partial charge in [0.2, 0.25) is 0 Å². The predicted molar refractivity (Wildman–Crippen MR) is 96.2 cm³/mol. The van der Waals surface area contributed by atoms with Crippen molar-refractivity contribution in [1.82, 2.24) is 5.32 Å². The van der Waals surface area contributed by atoms with Crippen LogP contribution in [-0.4, -0.2) is 25.1 Å². The summed E-state index contributed by atoms with van der Waals surface area (Å²) >= 11 is 0. The van der Waals surface area contributed by atoms with E-state index in [1.807, 2.05) is 18.2 Å².